The Morgan fingerprint density at radius 1 is 1.04 bits per heavy atom. The van der Waals surface area contributed by atoms with Crippen molar-refractivity contribution in [2.75, 3.05) is 0 Å². The Kier molecular flexibility index (Phi) is 5.67. The summed E-state index contributed by atoms with van der Waals surface area (Å²) >= 11 is 11.4. The van der Waals surface area contributed by atoms with Crippen molar-refractivity contribution in [2.45, 2.75) is 13.0 Å². The van der Waals surface area contributed by atoms with Gasteiger partial charge in [0.15, 0.2) is 5.78 Å². The maximum absolute atomic E-state index is 12.7. The van der Waals surface area contributed by atoms with Crippen LogP contribution in [0.1, 0.15) is 28.9 Å². The normalized spacial score (nSPS) is 13.2. The average molecular weight is 384 g/mol. The quantitative estimate of drug-likeness (QED) is 0.473. The van der Waals surface area contributed by atoms with Crippen LogP contribution in [0.2, 0.25) is 5.02 Å². The van der Waals surface area contributed by atoms with E-state index in [1.54, 1.807) is 37.3 Å². The highest BCUT2D eigenvalue weighted by molar-refractivity contribution is 7.71. The Morgan fingerprint density at radius 3 is 2.35 bits per heavy atom. The SMILES string of the molecule is CC(C(=O)c1ccc(Cl)cc1)C(O)c1cccn(-c2ccccc2)c1=S. The van der Waals surface area contributed by atoms with Crippen molar-refractivity contribution in [2.24, 2.45) is 5.92 Å². The van der Waals surface area contributed by atoms with Crippen LogP contribution in [0.25, 0.3) is 5.69 Å². The fourth-order valence-electron chi connectivity index (χ4n) is 2.82. The molecule has 2 unspecified atom stereocenters. The maximum atomic E-state index is 12.7. The van der Waals surface area contributed by atoms with E-state index in [2.05, 4.69) is 0 Å². The molecule has 1 N–H and O–H groups in total. The van der Waals surface area contributed by atoms with Gasteiger partial charge in [-0.2, -0.15) is 0 Å². The van der Waals surface area contributed by atoms with Gasteiger partial charge in [-0.1, -0.05) is 55.0 Å². The fraction of sp³-hybridized carbons (Fsp3) is 0.143. The number of aliphatic hydroxyl groups is 1. The number of hydrogen-bond acceptors (Lipinski definition) is 3. The lowest BCUT2D eigenvalue weighted by Crippen LogP contribution is -2.20. The highest BCUT2D eigenvalue weighted by atomic mass is 35.5. The number of carbonyl (C=O) groups excluding carboxylic acids is 1. The van der Waals surface area contributed by atoms with Gasteiger partial charge in [-0.15, -0.1) is 0 Å². The second kappa shape index (κ2) is 7.96. The molecule has 132 valence electrons. The zero-order valence-electron chi connectivity index (χ0n) is 14.2. The van der Waals surface area contributed by atoms with Gasteiger partial charge in [0.1, 0.15) is 4.64 Å². The van der Waals surface area contributed by atoms with E-state index in [-0.39, 0.29) is 5.78 Å². The number of halogens is 1. The summed E-state index contributed by atoms with van der Waals surface area (Å²) in [7, 11) is 0. The molecule has 0 fully saturated rings. The van der Waals surface area contributed by atoms with Crippen LogP contribution in [0, 0.1) is 10.6 Å². The van der Waals surface area contributed by atoms with Crippen LogP contribution in [-0.4, -0.2) is 15.5 Å². The van der Waals surface area contributed by atoms with Gasteiger partial charge in [-0.3, -0.25) is 4.79 Å². The second-order valence-corrected chi connectivity index (χ2v) is 6.90. The van der Waals surface area contributed by atoms with E-state index in [9.17, 15) is 9.90 Å². The van der Waals surface area contributed by atoms with Crippen molar-refractivity contribution in [3.63, 3.8) is 0 Å². The largest absolute Gasteiger partial charge is 0.388 e. The minimum Gasteiger partial charge on any atom is -0.388 e. The number of ketones is 1. The molecule has 3 nitrogen and oxygen atoms in total. The highest BCUT2D eigenvalue weighted by Crippen LogP contribution is 2.27. The summed E-state index contributed by atoms with van der Waals surface area (Å²) in [6.07, 6.45) is 0.848. The second-order valence-electron chi connectivity index (χ2n) is 6.08. The number of hydrogen-bond donors (Lipinski definition) is 1. The van der Waals surface area contributed by atoms with Gasteiger partial charge < -0.3 is 9.67 Å². The summed E-state index contributed by atoms with van der Waals surface area (Å²) in [5, 5.41) is 11.4. The molecule has 0 amide bonds. The van der Waals surface area contributed by atoms with Gasteiger partial charge in [-0.05, 0) is 42.5 Å². The van der Waals surface area contributed by atoms with Gasteiger partial charge in [-0.25, -0.2) is 0 Å². The molecule has 3 aromatic rings. The van der Waals surface area contributed by atoms with Crippen molar-refractivity contribution >= 4 is 29.6 Å². The number of pyridine rings is 1. The molecule has 0 saturated carbocycles. The number of aliphatic hydroxyl groups excluding tert-OH is 1. The van der Waals surface area contributed by atoms with Crippen LogP contribution < -0.4 is 0 Å². The highest BCUT2D eigenvalue weighted by Gasteiger charge is 2.26. The minimum absolute atomic E-state index is 0.154. The Labute approximate surface area is 162 Å². The Morgan fingerprint density at radius 2 is 1.69 bits per heavy atom. The Balaban J connectivity index is 1.92. The predicted octanol–water partition coefficient (Wildman–Crippen LogP) is 5.41. The summed E-state index contributed by atoms with van der Waals surface area (Å²) in [4.78, 5) is 12.7. The standard InChI is InChI=1S/C21H18ClNO2S/c1-14(19(24)15-9-11-16(22)12-10-15)20(25)18-8-5-13-23(21(18)26)17-6-3-2-4-7-17/h2-14,20,25H,1H3. The number of para-hydroxylation sites is 1. The van der Waals surface area contributed by atoms with Crippen LogP contribution in [-0.2, 0) is 0 Å². The molecule has 0 saturated heterocycles. The number of benzene rings is 2. The Hall–Kier alpha value is -2.27. The van der Waals surface area contributed by atoms with E-state index in [1.807, 2.05) is 47.2 Å². The third-order valence-electron chi connectivity index (χ3n) is 4.35. The van der Waals surface area contributed by atoms with Gasteiger partial charge in [0.2, 0.25) is 0 Å². The van der Waals surface area contributed by atoms with Gasteiger partial charge in [0.25, 0.3) is 0 Å². The molecule has 0 spiro atoms. The molecule has 5 heteroatoms. The van der Waals surface area contributed by atoms with E-state index in [0.29, 0.717) is 20.8 Å². The monoisotopic (exact) mass is 383 g/mol. The first-order valence-electron chi connectivity index (χ1n) is 8.24. The van der Waals surface area contributed by atoms with Crippen molar-refractivity contribution in [1.82, 2.24) is 4.57 Å². The molecular formula is C21H18ClNO2S. The van der Waals surface area contributed by atoms with Gasteiger partial charge in [0.05, 0.1) is 6.10 Å². The van der Waals surface area contributed by atoms with Crippen molar-refractivity contribution < 1.29 is 9.90 Å². The van der Waals surface area contributed by atoms with E-state index in [4.69, 9.17) is 23.8 Å². The number of Topliss-reactive ketones (excluding diaryl/α,β-unsaturated/α-hetero) is 1. The van der Waals surface area contributed by atoms with E-state index in [1.165, 1.54) is 0 Å². The van der Waals surface area contributed by atoms with Gasteiger partial charge >= 0.3 is 0 Å². The molecule has 0 aliphatic carbocycles. The summed E-state index contributed by atoms with van der Waals surface area (Å²) in [5.74, 6) is -0.789. The van der Waals surface area contributed by atoms with Crippen molar-refractivity contribution in [1.29, 1.82) is 0 Å². The molecule has 0 radical (unpaired) electrons. The zero-order valence-corrected chi connectivity index (χ0v) is 15.7. The Bertz CT molecular complexity index is 967. The number of aromatic nitrogens is 1. The van der Waals surface area contributed by atoms with Crippen LogP contribution in [0.3, 0.4) is 0 Å². The molecule has 1 aromatic heterocycles. The summed E-state index contributed by atoms with van der Waals surface area (Å²) in [5.41, 5.74) is 1.98. The first-order valence-corrected chi connectivity index (χ1v) is 9.02. The molecule has 26 heavy (non-hydrogen) atoms. The molecule has 0 aliphatic rings. The first kappa shape index (κ1) is 18.5. The first-order chi connectivity index (χ1) is 12.5. The number of rotatable bonds is 5. The number of carbonyl (C=O) groups is 1. The lowest BCUT2D eigenvalue weighted by Gasteiger charge is -2.20. The maximum Gasteiger partial charge on any atom is 0.168 e. The third-order valence-corrected chi connectivity index (χ3v) is 5.03. The van der Waals surface area contributed by atoms with E-state index < -0.39 is 12.0 Å². The topological polar surface area (TPSA) is 42.2 Å². The summed E-state index contributed by atoms with van der Waals surface area (Å²) < 4.78 is 2.31. The minimum atomic E-state index is -0.998. The zero-order chi connectivity index (χ0) is 18.7. The summed E-state index contributed by atoms with van der Waals surface area (Å²) in [6, 6.07) is 19.9. The summed E-state index contributed by atoms with van der Waals surface area (Å²) in [6.45, 7) is 1.70. The smallest absolute Gasteiger partial charge is 0.168 e. The third kappa shape index (κ3) is 3.78. The van der Waals surface area contributed by atoms with Crippen LogP contribution >= 0.6 is 23.8 Å². The van der Waals surface area contributed by atoms with Crippen LogP contribution in [0.15, 0.2) is 72.9 Å². The lowest BCUT2D eigenvalue weighted by atomic mass is 9.91. The fourth-order valence-corrected chi connectivity index (χ4v) is 3.30. The number of nitrogens with zero attached hydrogens (tertiary/aromatic N) is 1. The molecular weight excluding hydrogens is 366 g/mol. The van der Waals surface area contributed by atoms with E-state index in [0.717, 1.165) is 5.69 Å². The predicted molar refractivity (Wildman–Crippen MR) is 107 cm³/mol. The van der Waals surface area contributed by atoms with Gasteiger partial charge in [0, 0.05) is 34.0 Å². The lowest BCUT2D eigenvalue weighted by molar-refractivity contribution is 0.0711. The van der Waals surface area contributed by atoms with Crippen molar-refractivity contribution in [3.05, 3.63) is 93.7 Å². The van der Waals surface area contributed by atoms with E-state index >= 15 is 0 Å². The average Bonchev–Trinajstić information content (AvgIpc) is 2.68. The molecule has 0 bridgehead atoms. The molecule has 3 rings (SSSR count). The molecule has 2 atom stereocenters. The molecule has 0 aliphatic heterocycles. The van der Waals surface area contributed by atoms with Crippen LogP contribution in [0.5, 0.6) is 0 Å². The molecule has 1 heterocycles. The van der Waals surface area contributed by atoms with Crippen LogP contribution in [0.4, 0.5) is 0 Å². The van der Waals surface area contributed by atoms with Crippen molar-refractivity contribution in [3.8, 4) is 5.69 Å². The molecule has 2 aromatic carbocycles.